The number of aryl methyl sites for hydroxylation is 1. The van der Waals surface area contributed by atoms with Crippen LogP contribution in [0.2, 0.25) is 0 Å². The van der Waals surface area contributed by atoms with Gasteiger partial charge in [0.05, 0.1) is 13.4 Å². The number of H-pyrrole nitrogens is 1. The van der Waals surface area contributed by atoms with E-state index in [0.717, 1.165) is 11.4 Å². The number of furan rings is 1. The van der Waals surface area contributed by atoms with Crippen LogP contribution in [0.1, 0.15) is 30.8 Å². The Bertz CT molecular complexity index is 528. The quantitative estimate of drug-likeness (QED) is 0.844. The summed E-state index contributed by atoms with van der Waals surface area (Å²) >= 11 is 0. The van der Waals surface area contributed by atoms with Crippen molar-refractivity contribution in [1.29, 1.82) is 0 Å². The van der Waals surface area contributed by atoms with Crippen molar-refractivity contribution in [3.8, 4) is 11.5 Å². The van der Waals surface area contributed by atoms with Crippen molar-refractivity contribution < 1.29 is 13.9 Å². The second-order valence-electron chi connectivity index (χ2n) is 4.06. The molecule has 0 aromatic carbocycles. The Morgan fingerprint density at radius 3 is 2.94 bits per heavy atom. The molecular weight excluding hydrogens is 232 g/mol. The first-order valence-electron chi connectivity index (χ1n) is 5.85. The van der Waals surface area contributed by atoms with Gasteiger partial charge in [0, 0.05) is 5.69 Å². The predicted octanol–water partition coefficient (Wildman–Crippen LogP) is 2.64. The fourth-order valence-corrected chi connectivity index (χ4v) is 1.92. The molecule has 5 heteroatoms. The normalized spacial score (nSPS) is 12.4. The third-order valence-corrected chi connectivity index (χ3v) is 2.88. The van der Waals surface area contributed by atoms with Gasteiger partial charge in [-0.25, -0.2) is 4.98 Å². The minimum absolute atomic E-state index is 0.280. The van der Waals surface area contributed by atoms with Crippen molar-refractivity contribution in [2.75, 3.05) is 7.11 Å². The summed E-state index contributed by atoms with van der Waals surface area (Å²) in [4.78, 5) is 19.2. The van der Waals surface area contributed by atoms with Crippen molar-refractivity contribution in [2.24, 2.45) is 0 Å². The molecule has 0 radical (unpaired) electrons. The first kappa shape index (κ1) is 12.4. The van der Waals surface area contributed by atoms with E-state index in [1.807, 2.05) is 19.9 Å². The summed E-state index contributed by atoms with van der Waals surface area (Å²) in [6.45, 7) is 3.82. The van der Waals surface area contributed by atoms with Crippen LogP contribution >= 0.6 is 0 Å². The number of nitrogens with zero attached hydrogens (tertiary/aromatic N) is 1. The number of methoxy groups -OCH3 is 1. The molecule has 0 saturated carbocycles. The first-order chi connectivity index (χ1) is 8.67. The molecule has 0 aliphatic carbocycles. The average Bonchev–Trinajstić information content (AvgIpc) is 2.99. The molecule has 2 heterocycles. The van der Waals surface area contributed by atoms with Crippen LogP contribution in [-0.4, -0.2) is 23.0 Å². The Morgan fingerprint density at radius 2 is 2.39 bits per heavy atom. The van der Waals surface area contributed by atoms with E-state index in [1.54, 1.807) is 12.3 Å². The molecular formula is C13H16N2O3. The van der Waals surface area contributed by atoms with Crippen molar-refractivity contribution in [3.05, 3.63) is 29.9 Å². The second kappa shape index (κ2) is 5.08. The van der Waals surface area contributed by atoms with Crippen LogP contribution in [0, 0.1) is 6.92 Å². The van der Waals surface area contributed by atoms with Gasteiger partial charge in [0.1, 0.15) is 17.4 Å². The summed E-state index contributed by atoms with van der Waals surface area (Å²) in [7, 11) is 1.38. The Morgan fingerprint density at radius 1 is 1.61 bits per heavy atom. The maximum Gasteiger partial charge on any atom is 0.316 e. The third-order valence-electron chi connectivity index (χ3n) is 2.88. The van der Waals surface area contributed by atoms with Crippen LogP contribution < -0.4 is 0 Å². The molecule has 2 aromatic heterocycles. The van der Waals surface area contributed by atoms with E-state index in [4.69, 9.17) is 9.15 Å². The van der Waals surface area contributed by atoms with Gasteiger partial charge in [-0.05, 0) is 25.5 Å². The molecule has 0 saturated heterocycles. The lowest BCUT2D eigenvalue weighted by Gasteiger charge is -2.08. The highest BCUT2D eigenvalue weighted by molar-refractivity contribution is 5.77. The van der Waals surface area contributed by atoms with E-state index < -0.39 is 0 Å². The molecule has 1 atom stereocenters. The molecule has 1 unspecified atom stereocenters. The first-order valence-corrected chi connectivity index (χ1v) is 5.85. The van der Waals surface area contributed by atoms with Crippen LogP contribution in [0.25, 0.3) is 11.5 Å². The topological polar surface area (TPSA) is 68.1 Å². The van der Waals surface area contributed by atoms with Crippen molar-refractivity contribution in [2.45, 2.75) is 26.2 Å². The number of nitrogens with one attached hydrogen (secondary N) is 1. The highest BCUT2D eigenvalue weighted by Gasteiger charge is 2.24. The van der Waals surface area contributed by atoms with Crippen LogP contribution in [0.5, 0.6) is 0 Å². The number of carbonyl (C=O) groups excluding carboxylic acids is 1. The number of ether oxygens (including phenoxy) is 1. The van der Waals surface area contributed by atoms with Crippen molar-refractivity contribution in [3.63, 3.8) is 0 Å². The summed E-state index contributed by atoms with van der Waals surface area (Å²) in [5.41, 5.74) is 1.61. The van der Waals surface area contributed by atoms with Gasteiger partial charge in [-0.2, -0.15) is 0 Å². The van der Waals surface area contributed by atoms with Gasteiger partial charge in [0.2, 0.25) is 0 Å². The fourth-order valence-electron chi connectivity index (χ4n) is 1.92. The molecule has 0 aliphatic rings. The molecule has 5 nitrogen and oxygen atoms in total. The lowest BCUT2D eigenvalue weighted by molar-refractivity contribution is -0.142. The fraction of sp³-hybridized carbons (Fsp3) is 0.385. The van der Waals surface area contributed by atoms with E-state index in [1.165, 1.54) is 7.11 Å². The summed E-state index contributed by atoms with van der Waals surface area (Å²) in [6.07, 6.45) is 2.23. The van der Waals surface area contributed by atoms with Gasteiger partial charge in [-0.3, -0.25) is 4.79 Å². The number of rotatable bonds is 4. The summed E-state index contributed by atoms with van der Waals surface area (Å²) < 4.78 is 10.1. The van der Waals surface area contributed by atoms with Gasteiger partial charge in [-0.1, -0.05) is 6.92 Å². The standard InChI is InChI=1S/C13H16N2O3/c1-4-9(13(16)17-3)12-14-8(2)11(15-12)10-6-5-7-18-10/h5-7,9H,4H2,1-3H3,(H,14,15). The lowest BCUT2D eigenvalue weighted by Crippen LogP contribution is -2.14. The molecule has 2 rings (SSSR count). The summed E-state index contributed by atoms with van der Waals surface area (Å²) in [5.74, 6) is 0.664. The van der Waals surface area contributed by atoms with Crippen LogP contribution in [0.4, 0.5) is 0 Å². The zero-order valence-electron chi connectivity index (χ0n) is 10.7. The number of imidazole rings is 1. The SMILES string of the molecule is CCC(C(=O)OC)c1nc(-c2ccco2)c(C)[nH]1. The van der Waals surface area contributed by atoms with Gasteiger partial charge < -0.3 is 14.1 Å². The Kier molecular flexibility index (Phi) is 3.50. The maximum absolute atomic E-state index is 11.6. The number of esters is 1. The number of hydrogen-bond donors (Lipinski definition) is 1. The molecule has 2 aromatic rings. The summed E-state index contributed by atoms with van der Waals surface area (Å²) in [6, 6.07) is 3.65. The zero-order chi connectivity index (χ0) is 13.1. The molecule has 1 N–H and O–H groups in total. The molecule has 18 heavy (non-hydrogen) atoms. The van der Waals surface area contributed by atoms with Crippen molar-refractivity contribution >= 4 is 5.97 Å². The molecule has 0 aliphatic heterocycles. The van der Waals surface area contributed by atoms with Gasteiger partial charge in [-0.15, -0.1) is 0 Å². The largest absolute Gasteiger partial charge is 0.468 e. The lowest BCUT2D eigenvalue weighted by atomic mass is 10.1. The van der Waals surface area contributed by atoms with Crippen molar-refractivity contribution in [1.82, 2.24) is 9.97 Å². The highest BCUT2D eigenvalue weighted by Crippen LogP contribution is 2.26. The van der Waals surface area contributed by atoms with Gasteiger partial charge >= 0.3 is 5.97 Å². The van der Waals surface area contributed by atoms with E-state index in [9.17, 15) is 4.79 Å². The monoisotopic (exact) mass is 248 g/mol. The number of carbonyl (C=O) groups is 1. The summed E-state index contributed by atoms with van der Waals surface area (Å²) in [5, 5.41) is 0. The van der Waals surface area contributed by atoms with Gasteiger partial charge in [0.15, 0.2) is 5.76 Å². The third kappa shape index (κ3) is 2.16. The predicted molar refractivity (Wildman–Crippen MR) is 66.1 cm³/mol. The Labute approximate surface area is 105 Å². The van der Waals surface area contributed by atoms with Crippen LogP contribution in [0.15, 0.2) is 22.8 Å². The Balaban J connectivity index is 2.36. The minimum Gasteiger partial charge on any atom is -0.468 e. The van der Waals surface area contributed by atoms with E-state index >= 15 is 0 Å². The van der Waals surface area contributed by atoms with E-state index in [-0.39, 0.29) is 11.9 Å². The van der Waals surface area contributed by atoms with E-state index in [0.29, 0.717) is 18.0 Å². The van der Waals surface area contributed by atoms with Gasteiger partial charge in [0.25, 0.3) is 0 Å². The molecule has 0 bridgehead atoms. The number of aromatic nitrogens is 2. The number of hydrogen-bond acceptors (Lipinski definition) is 4. The molecule has 0 amide bonds. The average molecular weight is 248 g/mol. The molecule has 0 spiro atoms. The second-order valence-corrected chi connectivity index (χ2v) is 4.06. The smallest absolute Gasteiger partial charge is 0.316 e. The van der Waals surface area contributed by atoms with Crippen LogP contribution in [-0.2, 0) is 9.53 Å². The zero-order valence-corrected chi connectivity index (χ0v) is 10.7. The molecule has 96 valence electrons. The maximum atomic E-state index is 11.6. The number of aromatic amines is 1. The highest BCUT2D eigenvalue weighted by atomic mass is 16.5. The van der Waals surface area contributed by atoms with E-state index in [2.05, 4.69) is 9.97 Å². The molecule has 0 fully saturated rings. The van der Waals surface area contributed by atoms with Crippen LogP contribution in [0.3, 0.4) is 0 Å². The minimum atomic E-state index is -0.364. The Hall–Kier alpha value is -2.04.